The number of benzene rings is 2. The highest BCUT2D eigenvalue weighted by Gasteiger charge is 2.29. The Morgan fingerprint density at radius 2 is 1.92 bits per heavy atom. The SMILES string of the molecule is C[C@@H]1C(=O)Nc2ccc(S(=O)(=O)N(C)Cc3ccc4c(c3)OCO4)cc21. The Balaban J connectivity index is 1.59. The largest absolute Gasteiger partial charge is 0.454 e. The number of carbonyl (C=O) groups excluding carboxylic acids is 1. The van der Waals surface area contributed by atoms with Gasteiger partial charge in [0.25, 0.3) is 0 Å². The van der Waals surface area contributed by atoms with E-state index in [-0.39, 0.29) is 30.1 Å². The van der Waals surface area contributed by atoms with Crippen LogP contribution < -0.4 is 14.8 Å². The highest BCUT2D eigenvalue weighted by atomic mass is 32.2. The molecule has 0 saturated heterocycles. The molecule has 7 nitrogen and oxygen atoms in total. The molecular formula is C18H18N2O5S. The molecule has 2 aromatic carbocycles. The average molecular weight is 374 g/mol. The van der Waals surface area contributed by atoms with E-state index >= 15 is 0 Å². The van der Waals surface area contributed by atoms with Gasteiger partial charge in [0.15, 0.2) is 11.5 Å². The van der Waals surface area contributed by atoms with E-state index in [4.69, 9.17) is 9.47 Å². The molecule has 0 fully saturated rings. The van der Waals surface area contributed by atoms with Gasteiger partial charge in [-0.2, -0.15) is 4.31 Å². The average Bonchev–Trinajstić information content (AvgIpc) is 3.19. The van der Waals surface area contributed by atoms with E-state index in [1.165, 1.54) is 17.4 Å². The standard InChI is InChI=1S/C18H18N2O5S/c1-11-14-8-13(4-5-15(14)19-18(11)21)26(22,23)20(2)9-12-3-6-16-17(7-12)25-10-24-16/h3-8,11H,9-10H2,1-2H3,(H,19,21)/t11-/m0/s1. The summed E-state index contributed by atoms with van der Waals surface area (Å²) in [5.41, 5.74) is 2.17. The summed E-state index contributed by atoms with van der Waals surface area (Å²) in [7, 11) is -2.16. The van der Waals surface area contributed by atoms with Gasteiger partial charge in [0.1, 0.15) is 0 Å². The van der Waals surface area contributed by atoms with Crippen molar-refractivity contribution in [2.24, 2.45) is 0 Å². The van der Waals surface area contributed by atoms with Gasteiger partial charge in [0.05, 0.1) is 10.8 Å². The summed E-state index contributed by atoms with van der Waals surface area (Å²) in [4.78, 5) is 11.9. The van der Waals surface area contributed by atoms with Crippen LogP contribution in [-0.2, 0) is 21.4 Å². The summed E-state index contributed by atoms with van der Waals surface area (Å²) >= 11 is 0. The van der Waals surface area contributed by atoms with Crippen LogP contribution in [0.2, 0.25) is 0 Å². The van der Waals surface area contributed by atoms with E-state index in [0.717, 1.165) is 5.56 Å². The fourth-order valence-corrected chi connectivity index (χ4v) is 4.31. The lowest BCUT2D eigenvalue weighted by atomic mass is 10.0. The van der Waals surface area contributed by atoms with Gasteiger partial charge in [0, 0.05) is 19.3 Å². The molecule has 2 aromatic rings. The number of fused-ring (bicyclic) bond motifs is 2. The van der Waals surface area contributed by atoms with E-state index in [9.17, 15) is 13.2 Å². The quantitative estimate of drug-likeness (QED) is 0.888. The van der Waals surface area contributed by atoms with Crippen molar-refractivity contribution < 1.29 is 22.7 Å². The molecule has 0 spiro atoms. The molecule has 0 saturated carbocycles. The lowest BCUT2D eigenvalue weighted by Gasteiger charge is -2.18. The third-order valence-electron chi connectivity index (χ3n) is 4.69. The molecule has 2 heterocycles. The molecule has 1 atom stereocenters. The minimum absolute atomic E-state index is 0.122. The second kappa shape index (κ2) is 6.00. The molecule has 0 unspecified atom stereocenters. The third kappa shape index (κ3) is 2.71. The number of amides is 1. The smallest absolute Gasteiger partial charge is 0.243 e. The Hall–Kier alpha value is -2.58. The molecule has 0 radical (unpaired) electrons. The number of nitrogens with one attached hydrogen (secondary N) is 1. The molecule has 2 aliphatic rings. The van der Waals surface area contributed by atoms with Gasteiger partial charge in [0.2, 0.25) is 22.7 Å². The summed E-state index contributed by atoms with van der Waals surface area (Å²) < 4.78 is 37.7. The van der Waals surface area contributed by atoms with Crippen LogP contribution >= 0.6 is 0 Å². The fraction of sp³-hybridized carbons (Fsp3) is 0.278. The van der Waals surface area contributed by atoms with Crippen LogP contribution in [0.4, 0.5) is 5.69 Å². The normalized spacial score (nSPS) is 18.1. The second-order valence-corrected chi connectivity index (χ2v) is 8.45. The van der Waals surface area contributed by atoms with Crippen LogP contribution in [-0.4, -0.2) is 32.5 Å². The minimum atomic E-state index is -3.69. The Morgan fingerprint density at radius 3 is 2.73 bits per heavy atom. The van der Waals surface area contributed by atoms with Crippen LogP contribution in [0.1, 0.15) is 24.0 Å². The van der Waals surface area contributed by atoms with Gasteiger partial charge in [-0.25, -0.2) is 8.42 Å². The lowest BCUT2D eigenvalue weighted by Crippen LogP contribution is -2.26. The Morgan fingerprint density at radius 1 is 1.15 bits per heavy atom. The first-order valence-corrected chi connectivity index (χ1v) is 9.60. The molecule has 0 aliphatic carbocycles. The zero-order valence-corrected chi connectivity index (χ0v) is 15.2. The molecule has 0 aromatic heterocycles. The molecular weight excluding hydrogens is 356 g/mol. The maximum absolute atomic E-state index is 12.9. The third-order valence-corrected chi connectivity index (χ3v) is 6.49. The molecule has 26 heavy (non-hydrogen) atoms. The van der Waals surface area contributed by atoms with Gasteiger partial charge in [-0.3, -0.25) is 4.79 Å². The first-order chi connectivity index (χ1) is 12.4. The number of carbonyl (C=O) groups is 1. The maximum Gasteiger partial charge on any atom is 0.243 e. The lowest BCUT2D eigenvalue weighted by molar-refractivity contribution is -0.116. The van der Waals surface area contributed by atoms with Crippen LogP contribution in [0.3, 0.4) is 0 Å². The zero-order chi connectivity index (χ0) is 18.5. The van der Waals surface area contributed by atoms with Gasteiger partial charge in [-0.15, -0.1) is 0 Å². The van der Waals surface area contributed by atoms with Crippen molar-refractivity contribution in [2.75, 3.05) is 19.2 Å². The van der Waals surface area contributed by atoms with E-state index < -0.39 is 10.0 Å². The Labute approximate surface area is 151 Å². The van der Waals surface area contributed by atoms with Crippen molar-refractivity contribution >= 4 is 21.6 Å². The van der Waals surface area contributed by atoms with Crippen molar-refractivity contribution in [2.45, 2.75) is 24.3 Å². The molecule has 2 aliphatic heterocycles. The number of nitrogens with zero attached hydrogens (tertiary/aromatic N) is 1. The van der Waals surface area contributed by atoms with Gasteiger partial charge in [-0.1, -0.05) is 6.07 Å². The molecule has 1 N–H and O–H groups in total. The van der Waals surface area contributed by atoms with Crippen molar-refractivity contribution in [3.63, 3.8) is 0 Å². The number of anilines is 1. The highest BCUT2D eigenvalue weighted by molar-refractivity contribution is 7.89. The van der Waals surface area contributed by atoms with E-state index in [2.05, 4.69) is 5.32 Å². The molecule has 1 amide bonds. The summed E-state index contributed by atoms with van der Waals surface area (Å²) in [6.07, 6.45) is 0. The molecule has 136 valence electrons. The van der Waals surface area contributed by atoms with Gasteiger partial charge in [-0.05, 0) is 48.4 Å². The van der Waals surface area contributed by atoms with E-state index in [1.54, 1.807) is 31.2 Å². The molecule has 8 heteroatoms. The number of hydrogen-bond donors (Lipinski definition) is 1. The van der Waals surface area contributed by atoms with Crippen LogP contribution in [0.15, 0.2) is 41.3 Å². The summed E-state index contributed by atoms with van der Waals surface area (Å²) in [5, 5.41) is 2.75. The van der Waals surface area contributed by atoms with Crippen LogP contribution in [0, 0.1) is 0 Å². The second-order valence-electron chi connectivity index (χ2n) is 6.41. The fourth-order valence-electron chi connectivity index (χ4n) is 3.12. The first kappa shape index (κ1) is 16.9. The van der Waals surface area contributed by atoms with Crippen molar-refractivity contribution in [3.05, 3.63) is 47.5 Å². The van der Waals surface area contributed by atoms with Crippen molar-refractivity contribution in [1.82, 2.24) is 4.31 Å². The monoisotopic (exact) mass is 374 g/mol. The van der Waals surface area contributed by atoms with Gasteiger partial charge >= 0.3 is 0 Å². The van der Waals surface area contributed by atoms with Crippen LogP contribution in [0.25, 0.3) is 0 Å². The maximum atomic E-state index is 12.9. The summed E-state index contributed by atoms with van der Waals surface area (Å²) in [6, 6.07) is 10.1. The van der Waals surface area contributed by atoms with Crippen LogP contribution in [0.5, 0.6) is 11.5 Å². The molecule has 0 bridgehead atoms. The summed E-state index contributed by atoms with van der Waals surface area (Å²) in [6.45, 7) is 2.13. The first-order valence-electron chi connectivity index (χ1n) is 8.16. The predicted molar refractivity (Wildman–Crippen MR) is 94.7 cm³/mol. The Bertz CT molecular complexity index is 1000. The topological polar surface area (TPSA) is 84.9 Å². The Kier molecular flexibility index (Phi) is 3.89. The zero-order valence-electron chi connectivity index (χ0n) is 14.4. The summed E-state index contributed by atoms with van der Waals surface area (Å²) in [5.74, 6) is 0.788. The predicted octanol–water partition coefficient (Wildman–Crippen LogP) is 2.29. The van der Waals surface area contributed by atoms with Gasteiger partial charge < -0.3 is 14.8 Å². The minimum Gasteiger partial charge on any atom is -0.454 e. The number of sulfonamides is 1. The number of rotatable bonds is 4. The van der Waals surface area contributed by atoms with E-state index in [0.29, 0.717) is 22.7 Å². The number of ether oxygens (including phenoxy) is 2. The van der Waals surface area contributed by atoms with E-state index in [1.807, 2.05) is 6.07 Å². The van der Waals surface area contributed by atoms with Crippen molar-refractivity contribution in [3.8, 4) is 11.5 Å². The van der Waals surface area contributed by atoms with Crippen molar-refractivity contribution in [1.29, 1.82) is 0 Å². The number of hydrogen-bond acceptors (Lipinski definition) is 5. The highest BCUT2D eigenvalue weighted by Crippen LogP contribution is 2.35. The molecule has 4 rings (SSSR count).